The van der Waals surface area contributed by atoms with Gasteiger partial charge in [-0.1, -0.05) is 23.2 Å². The third kappa shape index (κ3) is 3.80. The van der Waals surface area contributed by atoms with E-state index in [0.29, 0.717) is 17.9 Å². The first-order valence-electron chi connectivity index (χ1n) is 6.60. The van der Waals surface area contributed by atoms with Crippen LogP contribution in [0.4, 0.5) is 0 Å². The van der Waals surface area contributed by atoms with Gasteiger partial charge < -0.3 is 14.8 Å². The fraction of sp³-hybridized carbons (Fsp3) is 0.429. The number of ether oxygens (including phenoxy) is 2. The van der Waals surface area contributed by atoms with E-state index in [1.165, 1.54) is 12.1 Å². The van der Waals surface area contributed by atoms with Crippen LogP contribution in [-0.2, 0) is 9.53 Å². The first-order valence-corrected chi connectivity index (χ1v) is 7.35. The number of esters is 1. The molecule has 0 aromatic heterocycles. The lowest BCUT2D eigenvalue weighted by molar-refractivity contribution is -0.119. The van der Waals surface area contributed by atoms with Gasteiger partial charge in [0.1, 0.15) is 6.61 Å². The second-order valence-electron chi connectivity index (χ2n) is 4.57. The van der Waals surface area contributed by atoms with Crippen molar-refractivity contribution in [2.75, 3.05) is 13.2 Å². The summed E-state index contributed by atoms with van der Waals surface area (Å²) in [5.74, 6) is -0.302. The zero-order chi connectivity index (χ0) is 15.4. The average molecular weight is 332 g/mol. The van der Waals surface area contributed by atoms with Crippen molar-refractivity contribution in [1.82, 2.24) is 5.32 Å². The second-order valence-corrected chi connectivity index (χ2v) is 5.36. The van der Waals surface area contributed by atoms with Gasteiger partial charge in [-0.25, -0.2) is 4.79 Å². The quantitative estimate of drug-likeness (QED) is 0.842. The van der Waals surface area contributed by atoms with Crippen LogP contribution in [-0.4, -0.2) is 31.1 Å². The van der Waals surface area contributed by atoms with Crippen molar-refractivity contribution in [3.63, 3.8) is 0 Å². The standard InChI is InChI=1S/C14H15Cl2NO4/c1-2-20-14(19)9-4-5-10(15)13(12(9)16)21-7-8-3-6-11(18)17-8/h4-5,8H,2-3,6-7H2,1H3,(H,17,18)/t8-/m0/s1. The third-order valence-electron chi connectivity index (χ3n) is 3.06. The highest BCUT2D eigenvalue weighted by molar-refractivity contribution is 6.39. The maximum absolute atomic E-state index is 11.8. The van der Waals surface area contributed by atoms with Crippen LogP contribution in [0.15, 0.2) is 12.1 Å². The largest absolute Gasteiger partial charge is 0.488 e. The second kappa shape index (κ2) is 7.00. The number of amides is 1. The van der Waals surface area contributed by atoms with Gasteiger partial charge >= 0.3 is 5.97 Å². The van der Waals surface area contributed by atoms with Crippen molar-refractivity contribution in [3.05, 3.63) is 27.7 Å². The Balaban J connectivity index is 2.12. The molecule has 0 aliphatic carbocycles. The van der Waals surface area contributed by atoms with Gasteiger partial charge in [-0.2, -0.15) is 0 Å². The molecule has 1 fully saturated rings. The first kappa shape index (κ1) is 15.9. The fourth-order valence-corrected chi connectivity index (χ4v) is 2.57. The molecule has 1 aromatic rings. The van der Waals surface area contributed by atoms with E-state index in [-0.39, 0.29) is 41.5 Å². The summed E-state index contributed by atoms with van der Waals surface area (Å²) in [6, 6.07) is 2.95. The molecule has 1 heterocycles. The van der Waals surface area contributed by atoms with E-state index >= 15 is 0 Å². The molecule has 0 saturated carbocycles. The van der Waals surface area contributed by atoms with Crippen molar-refractivity contribution in [2.45, 2.75) is 25.8 Å². The van der Waals surface area contributed by atoms with Crippen LogP contribution in [0.3, 0.4) is 0 Å². The lowest BCUT2D eigenvalue weighted by Gasteiger charge is -2.15. The highest BCUT2D eigenvalue weighted by atomic mass is 35.5. The molecular weight excluding hydrogens is 317 g/mol. The highest BCUT2D eigenvalue weighted by Crippen LogP contribution is 2.36. The number of carbonyl (C=O) groups excluding carboxylic acids is 2. The molecule has 0 spiro atoms. The van der Waals surface area contributed by atoms with Gasteiger partial charge in [0.15, 0.2) is 5.75 Å². The lowest BCUT2D eigenvalue weighted by Crippen LogP contribution is -2.31. The van der Waals surface area contributed by atoms with E-state index < -0.39 is 5.97 Å². The normalized spacial score (nSPS) is 17.5. The maximum Gasteiger partial charge on any atom is 0.339 e. The zero-order valence-corrected chi connectivity index (χ0v) is 13.0. The molecule has 114 valence electrons. The molecule has 1 aliphatic heterocycles. The Morgan fingerprint density at radius 3 is 2.81 bits per heavy atom. The molecule has 21 heavy (non-hydrogen) atoms. The van der Waals surface area contributed by atoms with E-state index in [0.717, 1.165) is 0 Å². The smallest absolute Gasteiger partial charge is 0.339 e. The van der Waals surface area contributed by atoms with Gasteiger partial charge in [0.25, 0.3) is 0 Å². The van der Waals surface area contributed by atoms with Gasteiger partial charge in [-0.3, -0.25) is 4.79 Å². The predicted molar refractivity (Wildman–Crippen MR) is 79.1 cm³/mol. The Bertz CT molecular complexity index is 562. The van der Waals surface area contributed by atoms with Crippen LogP contribution in [0.1, 0.15) is 30.1 Å². The number of hydrogen-bond donors (Lipinski definition) is 1. The monoisotopic (exact) mass is 331 g/mol. The van der Waals surface area contributed by atoms with E-state index in [9.17, 15) is 9.59 Å². The van der Waals surface area contributed by atoms with Gasteiger partial charge in [0.05, 0.1) is 28.3 Å². The minimum atomic E-state index is -0.529. The molecule has 1 saturated heterocycles. The first-order chi connectivity index (χ1) is 10.0. The number of hydrogen-bond acceptors (Lipinski definition) is 4. The Hall–Kier alpha value is -1.46. The van der Waals surface area contributed by atoms with Crippen molar-refractivity contribution in [1.29, 1.82) is 0 Å². The van der Waals surface area contributed by atoms with Crippen molar-refractivity contribution in [2.24, 2.45) is 0 Å². The van der Waals surface area contributed by atoms with E-state index in [1.54, 1.807) is 6.92 Å². The van der Waals surface area contributed by atoms with E-state index in [4.69, 9.17) is 32.7 Å². The van der Waals surface area contributed by atoms with Crippen molar-refractivity contribution >= 4 is 35.1 Å². The molecule has 1 N–H and O–H groups in total. The summed E-state index contributed by atoms with van der Waals surface area (Å²) in [7, 11) is 0. The number of benzene rings is 1. The summed E-state index contributed by atoms with van der Waals surface area (Å²) in [5, 5.41) is 3.20. The minimum Gasteiger partial charge on any atom is -0.488 e. The van der Waals surface area contributed by atoms with Crippen LogP contribution >= 0.6 is 23.2 Å². The van der Waals surface area contributed by atoms with E-state index in [2.05, 4.69) is 5.32 Å². The maximum atomic E-state index is 11.8. The molecule has 1 aliphatic rings. The van der Waals surface area contributed by atoms with Crippen LogP contribution < -0.4 is 10.1 Å². The highest BCUT2D eigenvalue weighted by Gasteiger charge is 2.23. The van der Waals surface area contributed by atoms with Gasteiger partial charge in [0.2, 0.25) is 5.91 Å². The average Bonchev–Trinajstić information content (AvgIpc) is 2.84. The van der Waals surface area contributed by atoms with Gasteiger partial charge in [0, 0.05) is 6.42 Å². The summed E-state index contributed by atoms with van der Waals surface area (Å²) in [4.78, 5) is 22.9. The van der Waals surface area contributed by atoms with Crippen molar-refractivity contribution in [3.8, 4) is 5.75 Å². The third-order valence-corrected chi connectivity index (χ3v) is 3.73. The molecule has 1 aromatic carbocycles. The van der Waals surface area contributed by atoms with Gasteiger partial charge in [-0.05, 0) is 25.5 Å². The number of rotatable bonds is 5. The Morgan fingerprint density at radius 1 is 1.43 bits per heavy atom. The number of carbonyl (C=O) groups is 2. The van der Waals surface area contributed by atoms with E-state index in [1.807, 2.05) is 0 Å². The van der Waals surface area contributed by atoms with Crippen molar-refractivity contribution < 1.29 is 19.1 Å². The zero-order valence-electron chi connectivity index (χ0n) is 11.4. The molecule has 5 nitrogen and oxygen atoms in total. The van der Waals surface area contributed by atoms with Crippen LogP contribution in [0.5, 0.6) is 5.75 Å². The lowest BCUT2D eigenvalue weighted by atomic mass is 10.2. The summed E-state index contributed by atoms with van der Waals surface area (Å²) >= 11 is 12.2. The molecule has 0 unspecified atom stereocenters. The van der Waals surface area contributed by atoms with Gasteiger partial charge in [-0.15, -0.1) is 0 Å². The summed E-state index contributed by atoms with van der Waals surface area (Å²) in [6.07, 6.45) is 1.18. The van der Waals surface area contributed by atoms with Crippen LogP contribution in [0, 0.1) is 0 Å². The molecule has 0 bridgehead atoms. The number of halogens is 2. The molecule has 1 amide bonds. The molecule has 7 heteroatoms. The Labute approximate surface area is 132 Å². The summed E-state index contributed by atoms with van der Waals surface area (Å²) < 4.78 is 10.5. The van der Waals surface area contributed by atoms with Crippen LogP contribution in [0.2, 0.25) is 10.0 Å². The number of nitrogens with one attached hydrogen (secondary N) is 1. The molecular formula is C14H15Cl2NO4. The minimum absolute atomic E-state index is 0.000989. The fourth-order valence-electron chi connectivity index (χ4n) is 2.02. The summed E-state index contributed by atoms with van der Waals surface area (Å²) in [5.41, 5.74) is 0.202. The Morgan fingerprint density at radius 2 is 2.19 bits per heavy atom. The molecule has 1 atom stereocenters. The molecule has 2 rings (SSSR count). The Kier molecular flexibility index (Phi) is 5.31. The topological polar surface area (TPSA) is 64.6 Å². The summed E-state index contributed by atoms with van der Waals surface area (Å²) in [6.45, 7) is 2.21. The van der Waals surface area contributed by atoms with Crippen LogP contribution in [0.25, 0.3) is 0 Å². The predicted octanol–water partition coefficient (Wildman–Crippen LogP) is 2.83. The SMILES string of the molecule is CCOC(=O)c1ccc(Cl)c(OC[C@@H]2CCC(=O)N2)c1Cl. The molecule has 0 radical (unpaired) electrons.